The maximum atomic E-state index is 13.5. The van der Waals surface area contributed by atoms with Crippen molar-refractivity contribution < 1.29 is 15.1 Å². The molecule has 0 bridgehead atoms. The number of carbonyl (C=O) groups excluding carboxylic acids is 2. The molecule has 1 aromatic carbocycles. The normalized spacial score (nSPS) is 24.9. The molecule has 6 nitrogen and oxygen atoms in total. The van der Waals surface area contributed by atoms with Crippen LogP contribution in [-0.4, -0.2) is 58.4 Å². The molecule has 0 saturated carbocycles. The second-order valence-corrected chi connectivity index (χ2v) is 11.3. The summed E-state index contributed by atoms with van der Waals surface area (Å²) >= 11 is 18.2. The lowest BCUT2D eigenvalue weighted by Crippen LogP contribution is -2.57. The molecule has 192 valence electrons. The van der Waals surface area contributed by atoms with Crippen molar-refractivity contribution in [3.63, 3.8) is 0 Å². The molecule has 2 amide bonds. The van der Waals surface area contributed by atoms with Crippen molar-refractivity contribution in [2.75, 3.05) is 19.6 Å². The molecule has 3 rings (SSSR count). The summed E-state index contributed by atoms with van der Waals surface area (Å²) in [6.07, 6.45) is 1.29. The number of benzene rings is 1. The van der Waals surface area contributed by atoms with E-state index in [1.807, 2.05) is 30.9 Å². The zero-order chi connectivity index (χ0) is 23.6. The first-order valence-corrected chi connectivity index (χ1v) is 12.4. The molecule has 4 atom stereocenters. The van der Waals surface area contributed by atoms with Gasteiger partial charge in [-0.1, -0.05) is 70.5 Å². The first-order chi connectivity index (χ1) is 15.0. The summed E-state index contributed by atoms with van der Waals surface area (Å²) in [5.41, 5.74) is 1.14. The van der Waals surface area contributed by atoms with Crippen LogP contribution in [-0.2, 0) is 9.59 Å². The average molecular weight is 535 g/mol. The summed E-state index contributed by atoms with van der Waals surface area (Å²) < 4.78 is 0. The van der Waals surface area contributed by atoms with Crippen LogP contribution in [0.1, 0.15) is 59.4 Å². The van der Waals surface area contributed by atoms with E-state index < -0.39 is 11.4 Å². The molecular formula is C25H38Cl3N3O3. The number of hydrogen-bond acceptors (Lipinski definition) is 3. The summed E-state index contributed by atoms with van der Waals surface area (Å²) in [5.74, 6) is -0.296. The third-order valence-corrected chi connectivity index (χ3v) is 7.76. The number of alkyl halides is 1. The van der Waals surface area contributed by atoms with E-state index in [1.54, 1.807) is 0 Å². The van der Waals surface area contributed by atoms with Gasteiger partial charge in [-0.15, -0.1) is 11.6 Å². The Bertz CT molecular complexity index is 874. The van der Waals surface area contributed by atoms with Gasteiger partial charge in [-0.2, -0.15) is 0 Å². The van der Waals surface area contributed by atoms with Gasteiger partial charge < -0.3 is 15.7 Å². The Morgan fingerprint density at radius 2 is 1.79 bits per heavy atom. The average Bonchev–Trinajstić information content (AvgIpc) is 2.73. The fourth-order valence-electron chi connectivity index (χ4n) is 4.75. The van der Waals surface area contributed by atoms with E-state index in [1.165, 1.54) is 5.56 Å². The summed E-state index contributed by atoms with van der Waals surface area (Å²) in [6.45, 7) is 9.88. The predicted octanol–water partition coefficient (Wildman–Crippen LogP) is 4.90. The number of halogens is 3. The summed E-state index contributed by atoms with van der Waals surface area (Å²) in [4.78, 5) is 32.4. The zero-order valence-electron chi connectivity index (χ0n) is 19.6. The Morgan fingerprint density at radius 1 is 1.18 bits per heavy atom. The van der Waals surface area contributed by atoms with Gasteiger partial charge in [-0.05, 0) is 47.8 Å². The highest BCUT2D eigenvalue weighted by Crippen LogP contribution is 2.42. The molecular weight excluding hydrogens is 497 g/mol. The smallest absolute Gasteiger partial charge is 0.245 e. The van der Waals surface area contributed by atoms with Crippen molar-refractivity contribution >= 4 is 51.8 Å². The number of aliphatic imine (C=N–C) groups is 1. The quantitative estimate of drug-likeness (QED) is 0.544. The van der Waals surface area contributed by atoms with E-state index in [0.717, 1.165) is 11.4 Å². The second kappa shape index (κ2) is 12.6. The molecule has 2 aliphatic heterocycles. The Morgan fingerprint density at radius 3 is 2.32 bits per heavy atom. The molecule has 34 heavy (non-hydrogen) atoms. The minimum absolute atomic E-state index is 0. The lowest BCUT2D eigenvalue weighted by Gasteiger charge is -2.46. The highest BCUT2D eigenvalue weighted by atomic mass is 35.5. The van der Waals surface area contributed by atoms with Gasteiger partial charge in [0.05, 0.1) is 17.8 Å². The fraction of sp³-hybridized carbons (Fsp3) is 0.640. The van der Waals surface area contributed by atoms with Crippen molar-refractivity contribution in [1.29, 1.82) is 0 Å². The Labute approximate surface area is 218 Å². The van der Waals surface area contributed by atoms with E-state index in [0.29, 0.717) is 37.1 Å². The minimum atomic E-state index is -0.583. The van der Waals surface area contributed by atoms with Crippen molar-refractivity contribution in [2.45, 2.75) is 65.3 Å². The summed E-state index contributed by atoms with van der Waals surface area (Å²) in [7, 11) is 0. The van der Waals surface area contributed by atoms with Crippen LogP contribution in [0.3, 0.4) is 0 Å². The topological polar surface area (TPSA) is 93.3 Å². The molecule has 2 aliphatic rings. The Kier molecular flexibility index (Phi) is 11.3. The van der Waals surface area contributed by atoms with Crippen LogP contribution < -0.4 is 5.32 Å². The standard InChI is InChI=1S/C24H32Cl3N3O2.CH4.H2O/c1-14(2)20(29-22(31)16-11-19(26)21(27)28-12-16)23(32)30-10-9-18(24(3,4)13-30)15-5-7-17(25)8-6-15;;/h5-8,14,16,18-20H,9-13H2,1-4H3,(H,29,31);1H4;1H2/t16?,18-,19?,20-;;/m1../s1. The molecule has 0 aromatic heterocycles. The largest absolute Gasteiger partial charge is 0.412 e. The molecule has 3 N–H and O–H groups in total. The zero-order valence-corrected chi connectivity index (χ0v) is 21.8. The first kappa shape index (κ1) is 30.7. The first-order valence-electron chi connectivity index (χ1n) is 11.2. The number of rotatable bonds is 5. The summed E-state index contributed by atoms with van der Waals surface area (Å²) in [6, 6.07) is 7.41. The molecule has 9 heteroatoms. The number of nitrogens with zero attached hydrogens (tertiary/aromatic N) is 2. The Hall–Kier alpha value is -1.34. The Balaban J connectivity index is 0.00000289. The fourth-order valence-corrected chi connectivity index (χ4v) is 5.32. The van der Waals surface area contributed by atoms with Gasteiger partial charge in [-0.25, -0.2) is 0 Å². The summed E-state index contributed by atoms with van der Waals surface area (Å²) in [5, 5.41) is 3.59. The third-order valence-electron chi connectivity index (χ3n) is 6.63. The number of carbonyl (C=O) groups is 2. The van der Waals surface area contributed by atoms with Gasteiger partial charge >= 0.3 is 0 Å². The number of hydrogen-bond donors (Lipinski definition) is 1. The number of piperidine rings is 1. The van der Waals surface area contributed by atoms with Gasteiger partial charge in [0.15, 0.2) is 0 Å². The predicted molar refractivity (Wildman–Crippen MR) is 142 cm³/mol. The van der Waals surface area contributed by atoms with Crippen molar-refractivity contribution in [3.8, 4) is 0 Å². The monoisotopic (exact) mass is 533 g/mol. The van der Waals surface area contributed by atoms with Crippen molar-refractivity contribution in [3.05, 3.63) is 34.9 Å². The van der Waals surface area contributed by atoms with Crippen molar-refractivity contribution in [1.82, 2.24) is 10.2 Å². The molecule has 0 spiro atoms. The maximum Gasteiger partial charge on any atom is 0.245 e. The van der Waals surface area contributed by atoms with E-state index in [-0.39, 0.29) is 42.0 Å². The molecule has 1 aromatic rings. The molecule has 0 radical (unpaired) electrons. The van der Waals surface area contributed by atoms with E-state index >= 15 is 0 Å². The van der Waals surface area contributed by atoms with Gasteiger partial charge in [0.25, 0.3) is 0 Å². The minimum Gasteiger partial charge on any atom is -0.412 e. The lowest BCUT2D eigenvalue weighted by molar-refractivity contribution is -0.141. The molecule has 0 aliphatic carbocycles. The van der Waals surface area contributed by atoms with Crippen LogP contribution in [0.15, 0.2) is 29.3 Å². The van der Waals surface area contributed by atoms with Crippen LogP contribution >= 0.6 is 34.8 Å². The highest BCUT2D eigenvalue weighted by Gasteiger charge is 2.41. The van der Waals surface area contributed by atoms with Gasteiger partial charge in [0.1, 0.15) is 11.2 Å². The third kappa shape index (κ3) is 7.09. The lowest BCUT2D eigenvalue weighted by atomic mass is 9.70. The number of nitrogens with one attached hydrogen (secondary N) is 1. The number of amides is 2. The molecule has 1 saturated heterocycles. The van der Waals surface area contributed by atoms with Crippen LogP contribution in [0.5, 0.6) is 0 Å². The van der Waals surface area contributed by atoms with Crippen LogP contribution in [0.25, 0.3) is 0 Å². The second-order valence-electron chi connectivity index (χ2n) is 9.94. The van der Waals surface area contributed by atoms with Crippen LogP contribution in [0.2, 0.25) is 5.02 Å². The van der Waals surface area contributed by atoms with Gasteiger partial charge in [-0.3, -0.25) is 14.6 Å². The van der Waals surface area contributed by atoms with E-state index in [2.05, 4.69) is 36.3 Å². The van der Waals surface area contributed by atoms with Crippen LogP contribution in [0.4, 0.5) is 0 Å². The molecule has 2 unspecified atom stereocenters. The number of likely N-dealkylation sites (tertiary alicyclic amines) is 1. The maximum absolute atomic E-state index is 13.5. The van der Waals surface area contributed by atoms with Crippen molar-refractivity contribution in [2.24, 2.45) is 22.2 Å². The van der Waals surface area contributed by atoms with Gasteiger partial charge in [0, 0.05) is 18.1 Å². The highest BCUT2D eigenvalue weighted by molar-refractivity contribution is 6.71. The molecule has 2 heterocycles. The van der Waals surface area contributed by atoms with E-state index in [4.69, 9.17) is 34.8 Å². The SMILES string of the molecule is C.CC(C)[C@@H](NC(=O)C1CN=C(Cl)C(Cl)C1)C(=O)N1CC[C@H](c2ccc(Cl)cc2)C(C)(C)C1.O. The van der Waals surface area contributed by atoms with Gasteiger partial charge in [0.2, 0.25) is 11.8 Å². The van der Waals surface area contributed by atoms with Crippen LogP contribution in [0, 0.1) is 17.3 Å². The van der Waals surface area contributed by atoms with E-state index in [9.17, 15) is 9.59 Å². The molecule has 1 fully saturated rings.